The second-order valence-electron chi connectivity index (χ2n) is 7.38. The summed E-state index contributed by atoms with van der Waals surface area (Å²) in [6.45, 7) is 2.72. The van der Waals surface area contributed by atoms with Crippen LogP contribution >= 0.6 is 11.6 Å². The van der Waals surface area contributed by atoms with Gasteiger partial charge < -0.3 is 9.80 Å². The molecule has 1 saturated heterocycles. The van der Waals surface area contributed by atoms with E-state index < -0.39 is 5.41 Å². The number of hydrogen-bond donors (Lipinski definition) is 0. The zero-order chi connectivity index (χ0) is 18.9. The number of carbonyl (C=O) groups is 1. The third-order valence-electron chi connectivity index (χ3n) is 5.87. The molecule has 1 aliphatic heterocycles. The zero-order valence-corrected chi connectivity index (χ0v) is 16.0. The smallest absolute Gasteiger partial charge is 0.233 e. The van der Waals surface area contributed by atoms with Crippen molar-refractivity contribution in [3.8, 4) is 0 Å². The normalized spacial score (nSPS) is 19.3. The molecule has 2 aliphatic rings. The van der Waals surface area contributed by atoms with E-state index in [4.69, 9.17) is 11.6 Å². The molecule has 6 heteroatoms. The van der Waals surface area contributed by atoms with E-state index >= 15 is 0 Å². The van der Waals surface area contributed by atoms with E-state index in [0.29, 0.717) is 31.2 Å². The van der Waals surface area contributed by atoms with Gasteiger partial charge in [-0.25, -0.2) is 9.37 Å². The Morgan fingerprint density at radius 3 is 2.33 bits per heavy atom. The predicted octanol–water partition coefficient (Wildman–Crippen LogP) is 4.03. The standard InChI is InChI=1S/C21H23ClFN3O/c22-18-4-3-11-24-19(18)25-12-14-26(15-13-25)20(27)21(9-1-2-10-21)16-5-7-17(23)8-6-16/h3-8,11H,1-2,9-10,12-15H2. The Balaban J connectivity index is 1.51. The fraction of sp³-hybridized carbons (Fsp3) is 0.429. The molecule has 142 valence electrons. The quantitative estimate of drug-likeness (QED) is 0.797. The number of amides is 1. The summed E-state index contributed by atoms with van der Waals surface area (Å²) in [5.41, 5.74) is 0.444. The Kier molecular flexibility index (Phi) is 5.04. The average Bonchev–Trinajstić information content (AvgIpc) is 3.20. The fourth-order valence-electron chi connectivity index (χ4n) is 4.41. The highest BCUT2D eigenvalue weighted by Gasteiger charge is 2.45. The molecule has 4 rings (SSSR count). The van der Waals surface area contributed by atoms with Gasteiger partial charge in [0.25, 0.3) is 0 Å². The van der Waals surface area contributed by atoms with Crippen molar-refractivity contribution in [2.45, 2.75) is 31.1 Å². The molecule has 2 aromatic rings. The van der Waals surface area contributed by atoms with Gasteiger partial charge in [-0.2, -0.15) is 0 Å². The van der Waals surface area contributed by atoms with Crippen LogP contribution < -0.4 is 4.90 Å². The number of nitrogens with zero attached hydrogens (tertiary/aromatic N) is 3. The number of carbonyl (C=O) groups excluding carboxylic acids is 1. The van der Waals surface area contributed by atoms with E-state index in [0.717, 1.165) is 37.1 Å². The maximum Gasteiger partial charge on any atom is 0.233 e. The minimum atomic E-state index is -0.501. The number of anilines is 1. The highest BCUT2D eigenvalue weighted by molar-refractivity contribution is 6.32. The third kappa shape index (κ3) is 3.41. The maximum absolute atomic E-state index is 13.5. The first kappa shape index (κ1) is 18.2. The van der Waals surface area contributed by atoms with Crippen molar-refractivity contribution in [2.75, 3.05) is 31.1 Å². The Bertz CT molecular complexity index is 812. The van der Waals surface area contributed by atoms with Gasteiger partial charge in [-0.15, -0.1) is 0 Å². The van der Waals surface area contributed by atoms with Gasteiger partial charge in [-0.3, -0.25) is 4.79 Å². The first-order valence-electron chi connectivity index (χ1n) is 9.51. The fourth-order valence-corrected chi connectivity index (χ4v) is 4.65. The van der Waals surface area contributed by atoms with Crippen LogP contribution in [0.4, 0.5) is 10.2 Å². The molecule has 0 unspecified atom stereocenters. The van der Waals surface area contributed by atoms with Crippen LogP contribution in [-0.2, 0) is 10.2 Å². The van der Waals surface area contributed by atoms with E-state index in [-0.39, 0.29) is 11.7 Å². The van der Waals surface area contributed by atoms with E-state index in [2.05, 4.69) is 9.88 Å². The van der Waals surface area contributed by atoms with Gasteiger partial charge >= 0.3 is 0 Å². The predicted molar refractivity (Wildman–Crippen MR) is 105 cm³/mol. The van der Waals surface area contributed by atoms with Gasteiger partial charge in [0.1, 0.15) is 11.6 Å². The van der Waals surface area contributed by atoms with Crippen molar-refractivity contribution in [3.63, 3.8) is 0 Å². The van der Waals surface area contributed by atoms with Gasteiger partial charge in [0.05, 0.1) is 10.4 Å². The highest BCUT2D eigenvalue weighted by atomic mass is 35.5. The Morgan fingerprint density at radius 2 is 1.70 bits per heavy atom. The summed E-state index contributed by atoms with van der Waals surface area (Å²) in [4.78, 5) is 22.0. The van der Waals surface area contributed by atoms with Crippen LogP contribution in [0.25, 0.3) is 0 Å². The summed E-state index contributed by atoms with van der Waals surface area (Å²) in [6.07, 6.45) is 5.48. The van der Waals surface area contributed by atoms with E-state index in [9.17, 15) is 9.18 Å². The number of aromatic nitrogens is 1. The van der Waals surface area contributed by atoms with Crippen molar-refractivity contribution in [1.82, 2.24) is 9.88 Å². The summed E-state index contributed by atoms with van der Waals surface area (Å²) in [7, 11) is 0. The molecule has 2 fully saturated rings. The van der Waals surface area contributed by atoms with Gasteiger partial charge in [-0.05, 0) is 42.7 Å². The first-order valence-corrected chi connectivity index (χ1v) is 9.89. The van der Waals surface area contributed by atoms with Gasteiger partial charge in [0.2, 0.25) is 5.91 Å². The zero-order valence-electron chi connectivity index (χ0n) is 15.2. The lowest BCUT2D eigenvalue weighted by molar-refractivity contribution is -0.137. The number of pyridine rings is 1. The van der Waals surface area contributed by atoms with Crippen molar-refractivity contribution >= 4 is 23.3 Å². The molecule has 2 heterocycles. The van der Waals surface area contributed by atoms with E-state index in [1.807, 2.05) is 17.0 Å². The number of halogens is 2. The molecule has 0 spiro atoms. The van der Waals surface area contributed by atoms with Crippen molar-refractivity contribution in [3.05, 3.63) is 59.0 Å². The Morgan fingerprint density at radius 1 is 1.04 bits per heavy atom. The first-order chi connectivity index (χ1) is 13.1. The molecular weight excluding hydrogens is 365 g/mol. The Labute approximate surface area is 163 Å². The van der Waals surface area contributed by atoms with E-state index in [1.54, 1.807) is 18.3 Å². The topological polar surface area (TPSA) is 36.4 Å². The monoisotopic (exact) mass is 387 g/mol. The van der Waals surface area contributed by atoms with Crippen molar-refractivity contribution in [2.24, 2.45) is 0 Å². The van der Waals surface area contributed by atoms with Gasteiger partial charge in [0.15, 0.2) is 0 Å². The van der Waals surface area contributed by atoms with Gasteiger partial charge in [0, 0.05) is 32.4 Å². The number of piperazine rings is 1. The molecular formula is C21H23ClFN3O. The largest absolute Gasteiger partial charge is 0.352 e. The molecule has 1 aromatic carbocycles. The minimum Gasteiger partial charge on any atom is -0.352 e. The van der Waals surface area contributed by atoms with Crippen molar-refractivity contribution in [1.29, 1.82) is 0 Å². The van der Waals surface area contributed by atoms with Crippen LogP contribution in [0.2, 0.25) is 5.02 Å². The third-order valence-corrected chi connectivity index (χ3v) is 6.16. The summed E-state index contributed by atoms with van der Waals surface area (Å²) in [5, 5.41) is 0.635. The Hall–Kier alpha value is -2.14. The van der Waals surface area contributed by atoms with Crippen molar-refractivity contribution < 1.29 is 9.18 Å². The average molecular weight is 388 g/mol. The van der Waals surface area contributed by atoms with Gasteiger partial charge in [-0.1, -0.05) is 36.6 Å². The molecule has 27 heavy (non-hydrogen) atoms. The number of rotatable bonds is 3. The molecule has 0 radical (unpaired) electrons. The SMILES string of the molecule is O=C(N1CCN(c2ncccc2Cl)CC1)C1(c2ccc(F)cc2)CCCC1. The summed E-state index contributed by atoms with van der Waals surface area (Å²) in [6, 6.07) is 10.1. The molecule has 4 nitrogen and oxygen atoms in total. The molecule has 1 aliphatic carbocycles. The van der Waals surface area contributed by atoms with Crippen LogP contribution in [0.1, 0.15) is 31.2 Å². The lowest BCUT2D eigenvalue weighted by Crippen LogP contribution is -2.54. The highest BCUT2D eigenvalue weighted by Crippen LogP contribution is 2.43. The lowest BCUT2D eigenvalue weighted by Gasteiger charge is -2.40. The summed E-state index contributed by atoms with van der Waals surface area (Å²) in [5.74, 6) is 0.693. The van der Waals surface area contributed by atoms with Crippen LogP contribution in [0.15, 0.2) is 42.6 Å². The second kappa shape index (κ2) is 7.47. The summed E-state index contributed by atoms with van der Waals surface area (Å²) >= 11 is 6.26. The number of hydrogen-bond acceptors (Lipinski definition) is 3. The molecule has 1 aromatic heterocycles. The molecule has 0 bridgehead atoms. The summed E-state index contributed by atoms with van der Waals surface area (Å²) < 4.78 is 13.4. The number of benzene rings is 1. The molecule has 1 saturated carbocycles. The van der Waals surface area contributed by atoms with E-state index in [1.165, 1.54) is 12.1 Å². The molecule has 0 atom stereocenters. The molecule has 0 N–H and O–H groups in total. The maximum atomic E-state index is 13.5. The molecule has 1 amide bonds. The van der Waals surface area contributed by atoms with Crippen LogP contribution in [-0.4, -0.2) is 42.0 Å². The van der Waals surface area contributed by atoms with Crippen LogP contribution in [0.3, 0.4) is 0 Å². The second-order valence-corrected chi connectivity index (χ2v) is 7.79. The lowest BCUT2D eigenvalue weighted by atomic mass is 9.77. The van der Waals surface area contributed by atoms with Crippen LogP contribution in [0, 0.1) is 5.82 Å². The minimum absolute atomic E-state index is 0.179. The van der Waals surface area contributed by atoms with Crippen LogP contribution in [0.5, 0.6) is 0 Å².